The minimum absolute atomic E-state index is 0.00878. The molecule has 0 unspecified atom stereocenters. The van der Waals surface area contributed by atoms with Gasteiger partial charge in [0, 0.05) is 43.4 Å². The first-order valence-electron chi connectivity index (χ1n) is 17.1. The topological polar surface area (TPSA) is 131 Å². The summed E-state index contributed by atoms with van der Waals surface area (Å²) in [6.45, 7) is 11.5. The van der Waals surface area contributed by atoms with Crippen molar-refractivity contribution in [2.75, 3.05) is 31.5 Å². The third-order valence-electron chi connectivity index (χ3n) is 10.4. The van der Waals surface area contributed by atoms with E-state index >= 15 is 0 Å². The van der Waals surface area contributed by atoms with E-state index in [9.17, 15) is 18.0 Å². The van der Waals surface area contributed by atoms with Gasteiger partial charge in [-0.05, 0) is 93.5 Å². The van der Waals surface area contributed by atoms with Crippen LogP contribution in [0.5, 0.6) is 5.88 Å². The van der Waals surface area contributed by atoms with E-state index in [0.717, 1.165) is 42.4 Å². The number of likely N-dealkylation sites (tertiary alicyclic amines) is 1. The van der Waals surface area contributed by atoms with Gasteiger partial charge in [0.05, 0.1) is 16.6 Å². The molecule has 6 rings (SSSR count). The summed E-state index contributed by atoms with van der Waals surface area (Å²) in [6, 6.07) is 13.5. The van der Waals surface area contributed by atoms with Gasteiger partial charge in [0.1, 0.15) is 12.7 Å². The van der Waals surface area contributed by atoms with E-state index in [1.807, 2.05) is 41.8 Å². The van der Waals surface area contributed by atoms with Crippen molar-refractivity contribution in [1.82, 2.24) is 19.8 Å². The molecule has 49 heavy (non-hydrogen) atoms. The first-order chi connectivity index (χ1) is 23.3. The average molecular weight is 690 g/mol. The van der Waals surface area contributed by atoms with Gasteiger partial charge >= 0.3 is 0 Å². The maximum Gasteiger partial charge on any atom is 0.264 e. The largest absolute Gasteiger partial charge is 0.475 e. The van der Waals surface area contributed by atoms with Gasteiger partial charge < -0.3 is 19.3 Å². The summed E-state index contributed by atoms with van der Waals surface area (Å²) in [5.41, 5.74) is 3.73. The molecule has 1 aromatic heterocycles. The number of rotatable bonds is 6. The molecule has 2 aromatic carbocycles. The molecule has 2 fully saturated rings. The minimum atomic E-state index is -4.15. The number of carbonyl (C=O) groups is 2. The van der Waals surface area contributed by atoms with E-state index in [-0.39, 0.29) is 58.6 Å². The molecule has 1 saturated heterocycles. The quantitative estimate of drug-likeness (QED) is 0.353. The van der Waals surface area contributed by atoms with E-state index in [2.05, 4.69) is 28.5 Å². The van der Waals surface area contributed by atoms with Crippen LogP contribution in [0, 0.1) is 25.2 Å². The second kappa shape index (κ2) is 13.7. The fourth-order valence-electron chi connectivity index (χ4n) is 7.74. The predicted molar refractivity (Wildman–Crippen MR) is 187 cm³/mol. The molecule has 4 bridgehead atoms. The molecule has 2 aliphatic heterocycles. The Hall–Kier alpha value is -4.03. The Morgan fingerprint density at radius 1 is 1.04 bits per heavy atom. The summed E-state index contributed by atoms with van der Waals surface area (Å²) in [7, 11) is -2.60. The monoisotopic (exact) mass is 689 g/mol. The van der Waals surface area contributed by atoms with E-state index in [1.54, 1.807) is 32.2 Å². The number of amides is 2. The number of fused-ring (bicyclic) bond motifs is 4. The Morgan fingerprint density at radius 3 is 2.37 bits per heavy atom. The predicted octanol–water partition coefficient (Wildman–Crippen LogP) is 5.62. The van der Waals surface area contributed by atoms with Gasteiger partial charge in [-0.1, -0.05) is 38.1 Å². The highest BCUT2D eigenvalue weighted by Gasteiger charge is 2.51. The molecular weight excluding hydrogens is 643 g/mol. The zero-order chi connectivity index (χ0) is 35.1. The molecule has 3 aliphatic rings. The van der Waals surface area contributed by atoms with Gasteiger partial charge in [0.25, 0.3) is 21.8 Å². The number of anilines is 1. The molecule has 11 nitrogen and oxygen atoms in total. The number of hydrogen-bond acceptors (Lipinski definition) is 8. The smallest absolute Gasteiger partial charge is 0.264 e. The van der Waals surface area contributed by atoms with Crippen LogP contribution in [0.1, 0.15) is 74.4 Å². The number of aryl methyl sites for hydroxylation is 2. The van der Waals surface area contributed by atoms with E-state index in [4.69, 9.17) is 9.47 Å². The second-order valence-corrected chi connectivity index (χ2v) is 16.1. The lowest BCUT2D eigenvalue weighted by Crippen LogP contribution is -2.60. The van der Waals surface area contributed by atoms with Crippen LogP contribution in [0.3, 0.4) is 0 Å². The zero-order valence-corrected chi connectivity index (χ0v) is 30.0. The van der Waals surface area contributed by atoms with Gasteiger partial charge in [0.15, 0.2) is 0 Å². The number of nitrogens with zero attached hydrogens (tertiary/aromatic N) is 4. The summed E-state index contributed by atoms with van der Waals surface area (Å²) in [4.78, 5) is 40.2. The lowest BCUT2D eigenvalue weighted by atomic mass is 9.59. The summed E-state index contributed by atoms with van der Waals surface area (Å²) in [5, 5.41) is 0. The number of nitrogens with one attached hydrogen (secondary N) is 1. The lowest BCUT2D eigenvalue weighted by Gasteiger charge is -2.56. The molecule has 1 N–H and O–H groups in total. The van der Waals surface area contributed by atoms with Crippen molar-refractivity contribution >= 4 is 27.8 Å². The van der Waals surface area contributed by atoms with Crippen LogP contribution in [0.25, 0.3) is 11.3 Å². The highest BCUT2D eigenvalue weighted by atomic mass is 32.2. The second-order valence-electron chi connectivity index (χ2n) is 14.4. The fourth-order valence-corrected chi connectivity index (χ4v) is 8.73. The Labute approximate surface area is 289 Å². The molecular formula is C37H47N5O6S. The molecule has 0 radical (unpaired) electrons. The number of hydrogen-bond donors (Lipinski definition) is 1. The van der Waals surface area contributed by atoms with Crippen molar-refractivity contribution in [3.05, 3.63) is 65.2 Å². The Kier molecular flexibility index (Phi) is 9.74. The lowest BCUT2D eigenvalue weighted by molar-refractivity contribution is -0.145. The van der Waals surface area contributed by atoms with Crippen LogP contribution in [-0.4, -0.2) is 85.0 Å². The molecule has 1 spiro atoms. The first-order valence-corrected chi connectivity index (χ1v) is 18.6. The highest BCUT2D eigenvalue weighted by Crippen LogP contribution is 2.52. The van der Waals surface area contributed by atoms with Crippen LogP contribution in [0.15, 0.2) is 53.4 Å². The van der Waals surface area contributed by atoms with E-state index in [0.29, 0.717) is 30.8 Å². The maximum absolute atomic E-state index is 14.5. The molecule has 1 aliphatic carbocycles. The van der Waals surface area contributed by atoms with Gasteiger partial charge in [0.2, 0.25) is 11.8 Å². The van der Waals surface area contributed by atoms with Crippen LogP contribution < -0.4 is 9.46 Å². The van der Waals surface area contributed by atoms with Crippen molar-refractivity contribution in [3.8, 4) is 17.1 Å². The molecule has 262 valence electrons. The van der Waals surface area contributed by atoms with Crippen LogP contribution in [0.4, 0.5) is 5.95 Å². The molecule has 2 atom stereocenters. The Balaban J connectivity index is 1.36. The van der Waals surface area contributed by atoms with Crippen LogP contribution in [-0.2, 0) is 19.6 Å². The fraction of sp³-hybridized carbons (Fsp3) is 0.514. The summed E-state index contributed by atoms with van der Waals surface area (Å²) >= 11 is 0. The zero-order valence-electron chi connectivity index (χ0n) is 29.2. The average Bonchev–Trinajstić information content (AvgIpc) is 3.05. The van der Waals surface area contributed by atoms with Crippen LogP contribution in [0.2, 0.25) is 0 Å². The van der Waals surface area contributed by atoms with Crippen molar-refractivity contribution in [1.29, 1.82) is 0 Å². The number of methoxy groups -OCH3 is 1. The minimum Gasteiger partial charge on any atom is -0.475 e. The third-order valence-corrected chi connectivity index (χ3v) is 11.7. The Morgan fingerprint density at radius 2 is 1.71 bits per heavy atom. The van der Waals surface area contributed by atoms with Gasteiger partial charge in [-0.15, -0.1) is 0 Å². The van der Waals surface area contributed by atoms with Crippen molar-refractivity contribution in [2.24, 2.45) is 11.3 Å². The van der Waals surface area contributed by atoms with Gasteiger partial charge in [-0.3, -0.25) is 9.59 Å². The summed E-state index contributed by atoms with van der Waals surface area (Å²) < 4.78 is 41.6. The number of aromatic nitrogens is 2. The molecule has 3 aromatic rings. The maximum atomic E-state index is 14.5. The Bertz CT molecular complexity index is 1810. The standard InChI is InChI=1S/C37H47N5O6S/c1-23(2)17-28-22-48-32-19-31(33-24(3)9-7-10-25(33)4)38-36(39-32)40-49(45,46)30-12-8-11-27(18-30)35(44)42(28)29-20-37(21-29)13-15-41(16-14-37)34(43)26(5)47-6/h7-12,18-19,23,26,28-29H,13-17,20-22H2,1-6H3,(H,38,39,40)/t26-,28-/m1/s1. The number of piperidine rings is 1. The van der Waals surface area contributed by atoms with Crippen LogP contribution >= 0.6 is 0 Å². The van der Waals surface area contributed by atoms with Gasteiger partial charge in [-0.25, -0.2) is 18.1 Å². The highest BCUT2D eigenvalue weighted by molar-refractivity contribution is 7.92. The number of ether oxygens (including phenoxy) is 2. The van der Waals surface area contributed by atoms with E-state index < -0.39 is 16.1 Å². The summed E-state index contributed by atoms with van der Waals surface area (Å²) in [5.74, 6) is 0.166. The molecule has 3 heterocycles. The number of benzene rings is 2. The SMILES string of the molecule is CO[C@H](C)C(=O)N1CCC2(CC1)CC(N1C(=O)c3cccc(c3)S(=O)(=O)Nc3nc(cc(-c4c(C)cccc4C)n3)OC[C@H]1CC(C)C)C2. The van der Waals surface area contributed by atoms with Crippen molar-refractivity contribution in [2.45, 2.75) is 89.8 Å². The van der Waals surface area contributed by atoms with Crippen molar-refractivity contribution in [3.63, 3.8) is 0 Å². The molecule has 2 amide bonds. The number of carbonyl (C=O) groups excluding carboxylic acids is 2. The number of sulfonamides is 1. The normalized spacial score (nSPS) is 21.1. The van der Waals surface area contributed by atoms with Gasteiger partial charge in [-0.2, -0.15) is 4.98 Å². The third kappa shape index (κ3) is 7.17. The first kappa shape index (κ1) is 34.8. The summed E-state index contributed by atoms with van der Waals surface area (Å²) in [6.07, 6.45) is 3.56. The molecule has 12 heteroatoms. The van der Waals surface area contributed by atoms with Crippen molar-refractivity contribution < 1.29 is 27.5 Å². The molecule has 1 saturated carbocycles. The van der Waals surface area contributed by atoms with E-state index in [1.165, 1.54) is 12.1 Å².